The van der Waals surface area contributed by atoms with Gasteiger partial charge < -0.3 is 16.2 Å². The fourth-order valence-corrected chi connectivity index (χ4v) is 1.85. The summed E-state index contributed by atoms with van der Waals surface area (Å²) in [5.41, 5.74) is 8.61. The first-order valence-electron chi connectivity index (χ1n) is 6.44. The molecule has 4 heteroatoms. The highest BCUT2D eigenvalue weighted by Crippen LogP contribution is 2.20. The zero-order valence-corrected chi connectivity index (χ0v) is 11.6. The van der Waals surface area contributed by atoms with Crippen LogP contribution in [0.5, 0.6) is 5.75 Å². The average molecular weight is 270 g/mol. The van der Waals surface area contributed by atoms with E-state index in [0.717, 1.165) is 11.1 Å². The van der Waals surface area contributed by atoms with E-state index >= 15 is 0 Å². The van der Waals surface area contributed by atoms with Crippen LogP contribution in [0.25, 0.3) is 0 Å². The Hall–Kier alpha value is -2.33. The van der Waals surface area contributed by atoms with Crippen molar-refractivity contribution in [1.29, 1.82) is 0 Å². The molecule has 2 rings (SSSR count). The van der Waals surface area contributed by atoms with Gasteiger partial charge in [0.05, 0.1) is 0 Å². The fraction of sp³-hybridized carbons (Fsp3) is 0.188. The van der Waals surface area contributed by atoms with Gasteiger partial charge in [0.1, 0.15) is 5.75 Å². The molecule has 0 fully saturated rings. The van der Waals surface area contributed by atoms with E-state index in [-0.39, 0.29) is 17.7 Å². The van der Waals surface area contributed by atoms with E-state index in [1.165, 1.54) is 6.07 Å². The van der Waals surface area contributed by atoms with Crippen LogP contribution in [0, 0.1) is 6.92 Å². The summed E-state index contributed by atoms with van der Waals surface area (Å²) in [6, 6.07) is 12.2. The number of amides is 1. The number of benzene rings is 2. The smallest absolute Gasteiger partial charge is 0.255 e. The maximum atomic E-state index is 12.1. The molecule has 4 nitrogen and oxygen atoms in total. The predicted molar refractivity (Wildman–Crippen MR) is 79.8 cm³/mol. The lowest BCUT2D eigenvalue weighted by molar-refractivity contribution is 0.102. The van der Waals surface area contributed by atoms with Crippen LogP contribution in [0.4, 0.5) is 5.69 Å². The summed E-state index contributed by atoms with van der Waals surface area (Å²) in [6.07, 6.45) is 0. The third-order valence-electron chi connectivity index (χ3n) is 3.14. The van der Waals surface area contributed by atoms with Gasteiger partial charge in [-0.1, -0.05) is 18.2 Å². The lowest BCUT2D eigenvalue weighted by atomic mass is 10.1. The van der Waals surface area contributed by atoms with E-state index in [1.54, 1.807) is 25.1 Å². The van der Waals surface area contributed by atoms with E-state index in [9.17, 15) is 9.90 Å². The molecule has 0 aromatic heterocycles. The summed E-state index contributed by atoms with van der Waals surface area (Å²) in [6.45, 7) is 3.67. The van der Waals surface area contributed by atoms with Gasteiger partial charge in [0.15, 0.2) is 0 Å². The SMILES string of the molecule is Cc1ccc(C(=O)Nc2cccc(C(C)N)c2)cc1O. The van der Waals surface area contributed by atoms with Crippen LogP contribution in [-0.2, 0) is 0 Å². The minimum Gasteiger partial charge on any atom is -0.508 e. The van der Waals surface area contributed by atoms with Crippen LogP contribution < -0.4 is 11.1 Å². The molecular formula is C16H18N2O2. The summed E-state index contributed by atoms with van der Waals surface area (Å²) in [4.78, 5) is 12.1. The second kappa shape index (κ2) is 5.75. The van der Waals surface area contributed by atoms with Crippen molar-refractivity contribution in [2.75, 3.05) is 5.32 Å². The molecule has 0 heterocycles. The molecule has 104 valence electrons. The molecule has 0 aliphatic carbocycles. The first-order chi connectivity index (χ1) is 9.47. The summed E-state index contributed by atoms with van der Waals surface area (Å²) >= 11 is 0. The summed E-state index contributed by atoms with van der Waals surface area (Å²) in [7, 11) is 0. The number of nitrogens with one attached hydrogen (secondary N) is 1. The normalized spacial score (nSPS) is 11.9. The van der Waals surface area contributed by atoms with Crippen molar-refractivity contribution in [3.63, 3.8) is 0 Å². The number of rotatable bonds is 3. The second-order valence-corrected chi connectivity index (χ2v) is 4.87. The van der Waals surface area contributed by atoms with Gasteiger partial charge in [-0.2, -0.15) is 0 Å². The van der Waals surface area contributed by atoms with Gasteiger partial charge >= 0.3 is 0 Å². The maximum absolute atomic E-state index is 12.1. The third-order valence-corrected chi connectivity index (χ3v) is 3.14. The predicted octanol–water partition coefficient (Wildman–Crippen LogP) is 2.97. The van der Waals surface area contributed by atoms with Crippen LogP contribution in [0.15, 0.2) is 42.5 Å². The van der Waals surface area contributed by atoms with Crippen molar-refractivity contribution in [1.82, 2.24) is 0 Å². The maximum Gasteiger partial charge on any atom is 0.255 e. The fourth-order valence-electron chi connectivity index (χ4n) is 1.85. The molecule has 1 amide bonds. The highest BCUT2D eigenvalue weighted by Gasteiger charge is 2.09. The molecule has 20 heavy (non-hydrogen) atoms. The molecule has 4 N–H and O–H groups in total. The van der Waals surface area contributed by atoms with Crippen molar-refractivity contribution < 1.29 is 9.90 Å². The third kappa shape index (κ3) is 3.16. The Morgan fingerprint density at radius 3 is 2.65 bits per heavy atom. The van der Waals surface area contributed by atoms with Crippen LogP contribution in [0.2, 0.25) is 0 Å². The molecule has 0 radical (unpaired) electrons. The first-order valence-corrected chi connectivity index (χ1v) is 6.44. The van der Waals surface area contributed by atoms with Crippen LogP contribution in [-0.4, -0.2) is 11.0 Å². The van der Waals surface area contributed by atoms with E-state index < -0.39 is 0 Å². The molecule has 0 aliphatic heterocycles. The minimum atomic E-state index is -0.262. The van der Waals surface area contributed by atoms with Crippen molar-refractivity contribution in [2.24, 2.45) is 5.73 Å². The summed E-state index contributed by atoms with van der Waals surface area (Å²) in [5, 5.41) is 12.4. The Balaban J connectivity index is 2.19. The van der Waals surface area contributed by atoms with Crippen LogP contribution in [0.3, 0.4) is 0 Å². The number of phenols is 1. The van der Waals surface area contributed by atoms with Gasteiger partial charge in [0, 0.05) is 17.3 Å². The van der Waals surface area contributed by atoms with E-state index in [4.69, 9.17) is 5.73 Å². The Bertz CT molecular complexity index is 636. The number of phenolic OH excluding ortho intramolecular Hbond substituents is 1. The number of carbonyl (C=O) groups excluding carboxylic acids is 1. The summed E-state index contributed by atoms with van der Waals surface area (Å²) < 4.78 is 0. The van der Waals surface area contributed by atoms with Gasteiger partial charge in [0.25, 0.3) is 5.91 Å². The molecule has 1 unspecified atom stereocenters. The van der Waals surface area contributed by atoms with Gasteiger partial charge in [0.2, 0.25) is 0 Å². The minimum absolute atomic E-state index is 0.0877. The molecule has 0 saturated carbocycles. The topological polar surface area (TPSA) is 75.4 Å². The highest BCUT2D eigenvalue weighted by atomic mass is 16.3. The van der Waals surface area contributed by atoms with Crippen molar-refractivity contribution in [2.45, 2.75) is 19.9 Å². The second-order valence-electron chi connectivity index (χ2n) is 4.87. The van der Waals surface area contributed by atoms with E-state index in [1.807, 2.05) is 25.1 Å². The van der Waals surface area contributed by atoms with E-state index in [2.05, 4.69) is 5.32 Å². The molecule has 1 atom stereocenters. The number of hydrogen-bond donors (Lipinski definition) is 3. The van der Waals surface area contributed by atoms with Crippen LogP contribution >= 0.6 is 0 Å². The first kappa shape index (κ1) is 14.1. The zero-order valence-electron chi connectivity index (χ0n) is 11.6. The van der Waals surface area contributed by atoms with Gasteiger partial charge in [-0.25, -0.2) is 0 Å². The Labute approximate surface area is 118 Å². The largest absolute Gasteiger partial charge is 0.508 e. The number of carbonyl (C=O) groups is 1. The lowest BCUT2D eigenvalue weighted by Gasteiger charge is -2.10. The quantitative estimate of drug-likeness (QED) is 0.802. The Morgan fingerprint density at radius 2 is 2.00 bits per heavy atom. The van der Waals surface area contributed by atoms with Gasteiger partial charge in [-0.3, -0.25) is 4.79 Å². The van der Waals surface area contributed by atoms with Gasteiger partial charge in [-0.05, 0) is 49.2 Å². The monoisotopic (exact) mass is 270 g/mol. The van der Waals surface area contributed by atoms with E-state index in [0.29, 0.717) is 11.3 Å². The van der Waals surface area contributed by atoms with Crippen molar-refractivity contribution in [3.8, 4) is 5.75 Å². The average Bonchev–Trinajstić information content (AvgIpc) is 2.42. The number of aryl methyl sites for hydroxylation is 1. The lowest BCUT2D eigenvalue weighted by Crippen LogP contribution is -2.12. The molecule has 0 aliphatic rings. The molecule has 2 aromatic rings. The zero-order chi connectivity index (χ0) is 14.7. The number of nitrogens with two attached hydrogens (primary N) is 1. The number of anilines is 1. The molecule has 0 spiro atoms. The number of hydrogen-bond acceptors (Lipinski definition) is 3. The standard InChI is InChI=1S/C16H18N2O2/c1-10-6-7-13(9-15(10)19)16(20)18-14-5-3-4-12(8-14)11(2)17/h3-9,11,19H,17H2,1-2H3,(H,18,20). The summed E-state index contributed by atoms with van der Waals surface area (Å²) in [5.74, 6) is -0.149. The van der Waals surface area contributed by atoms with Crippen molar-refractivity contribution in [3.05, 3.63) is 59.2 Å². The Kier molecular flexibility index (Phi) is 4.05. The molecular weight excluding hydrogens is 252 g/mol. The molecule has 0 bridgehead atoms. The van der Waals surface area contributed by atoms with Crippen molar-refractivity contribution >= 4 is 11.6 Å². The number of aromatic hydroxyl groups is 1. The molecule has 0 saturated heterocycles. The van der Waals surface area contributed by atoms with Gasteiger partial charge in [-0.15, -0.1) is 0 Å². The Morgan fingerprint density at radius 1 is 1.25 bits per heavy atom. The highest BCUT2D eigenvalue weighted by molar-refractivity contribution is 6.04. The molecule has 2 aromatic carbocycles. The van der Waals surface area contributed by atoms with Crippen LogP contribution in [0.1, 0.15) is 34.5 Å².